The summed E-state index contributed by atoms with van der Waals surface area (Å²) in [5, 5.41) is 12.5. The van der Waals surface area contributed by atoms with Crippen LogP contribution < -0.4 is 10.1 Å². The van der Waals surface area contributed by atoms with Crippen molar-refractivity contribution in [2.75, 3.05) is 14.2 Å². The van der Waals surface area contributed by atoms with Gasteiger partial charge in [-0.05, 0) is 31.7 Å². The van der Waals surface area contributed by atoms with E-state index >= 15 is 0 Å². The Bertz CT molecular complexity index is 286. The highest BCUT2D eigenvalue weighted by molar-refractivity contribution is 5.42. The predicted molar refractivity (Wildman–Crippen MR) is 52.1 cm³/mol. The number of hydrogen-bond acceptors (Lipinski definition) is 3. The number of benzene rings is 1. The Morgan fingerprint density at radius 1 is 1.46 bits per heavy atom. The average Bonchev–Trinajstić information content (AvgIpc) is 2.17. The van der Waals surface area contributed by atoms with Gasteiger partial charge in [0.2, 0.25) is 0 Å². The highest BCUT2D eigenvalue weighted by Gasteiger charge is 2.06. The lowest BCUT2D eigenvalue weighted by molar-refractivity contribution is 0.372. The topological polar surface area (TPSA) is 41.5 Å². The highest BCUT2D eigenvalue weighted by atomic mass is 16.5. The van der Waals surface area contributed by atoms with Crippen molar-refractivity contribution in [3.05, 3.63) is 23.8 Å². The van der Waals surface area contributed by atoms with Crippen molar-refractivity contribution >= 4 is 0 Å². The van der Waals surface area contributed by atoms with E-state index in [9.17, 15) is 5.11 Å². The minimum absolute atomic E-state index is 0.176. The zero-order valence-electron chi connectivity index (χ0n) is 8.16. The number of hydrogen-bond donors (Lipinski definition) is 2. The van der Waals surface area contributed by atoms with E-state index in [0.717, 1.165) is 5.56 Å². The van der Waals surface area contributed by atoms with E-state index in [1.807, 2.05) is 26.1 Å². The molecule has 0 heterocycles. The molecule has 2 N–H and O–H groups in total. The predicted octanol–water partition coefficient (Wildman–Crippen LogP) is 1.68. The molecule has 3 nitrogen and oxygen atoms in total. The standard InChI is InChI=1S/C10H15NO2/c1-7(11-2)8-4-5-9(12)10(6-8)13-3/h4-7,11-12H,1-3H3. The number of methoxy groups -OCH3 is 1. The van der Waals surface area contributed by atoms with Crippen molar-refractivity contribution < 1.29 is 9.84 Å². The Kier molecular flexibility index (Phi) is 3.14. The van der Waals surface area contributed by atoms with Gasteiger partial charge in [-0.3, -0.25) is 0 Å². The molecular weight excluding hydrogens is 166 g/mol. The van der Waals surface area contributed by atoms with E-state index in [2.05, 4.69) is 5.32 Å². The fraction of sp³-hybridized carbons (Fsp3) is 0.400. The number of nitrogens with one attached hydrogen (secondary N) is 1. The minimum Gasteiger partial charge on any atom is -0.504 e. The molecule has 0 saturated heterocycles. The van der Waals surface area contributed by atoms with Crippen LogP contribution >= 0.6 is 0 Å². The monoisotopic (exact) mass is 181 g/mol. The van der Waals surface area contributed by atoms with Gasteiger partial charge in [-0.25, -0.2) is 0 Å². The lowest BCUT2D eigenvalue weighted by Gasteiger charge is -2.12. The second-order valence-electron chi connectivity index (χ2n) is 2.94. The molecule has 0 aliphatic heterocycles. The maximum absolute atomic E-state index is 9.34. The Labute approximate surface area is 78.3 Å². The first kappa shape index (κ1) is 9.86. The molecule has 1 aromatic rings. The second-order valence-corrected chi connectivity index (χ2v) is 2.94. The van der Waals surface area contributed by atoms with Crippen LogP contribution in [0, 0.1) is 0 Å². The normalized spacial score (nSPS) is 12.5. The molecule has 72 valence electrons. The van der Waals surface area contributed by atoms with Gasteiger partial charge in [0.1, 0.15) is 0 Å². The molecule has 0 spiro atoms. The van der Waals surface area contributed by atoms with E-state index in [4.69, 9.17) is 4.74 Å². The molecule has 3 heteroatoms. The molecule has 0 bridgehead atoms. The maximum atomic E-state index is 9.34. The first-order valence-electron chi connectivity index (χ1n) is 4.23. The summed E-state index contributed by atoms with van der Waals surface area (Å²) in [5.41, 5.74) is 1.09. The Balaban J connectivity index is 2.99. The molecule has 0 fully saturated rings. The number of rotatable bonds is 3. The molecule has 0 aliphatic carbocycles. The highest BCUT2D eigenvalue weighted by Crippen LogP contribution is 2.28. The van der Waals surface area contributed by atoms with Crippen LogP contribution in [0.4, 0.5) is 0 Å². The van der Waals surface area contributed by atoms with Gasteiger partial charge in [0.25, 0.3) is 0 Å². The third kappa shape index (κ3) is 2.12. The van der Waals surface area contributed by atoms with Crippen molar-refractivity contribution in [3.63, 3.8) is 0 Å². The molecule has 0 aliphatic rings. The van der Waals surface area contributed by atoms with Gasteiger partial charge in [0.15, 0.2) is 11.5 Å². The molecule has 1 rings (SSSR count). The fourth-order valence-electron chi connectivity index (χ4n) is 1.13. The first-order valence-corrected chi connectivity index (χ1v) is 4.23. The van der Waals surface area contributed by atoms with Crippen LogP contribution in [0.5, 0.6) is 11.5 Å². The molecule has 0 aromatic heterocycles. The van der Waals surface area contributed by atoms with Crippen LogP contribution in [0.25, 0.3) is 0 Å². The Morgan fingerprint density at radius 2 is 2.15 bits per heavy atom. The zero-order valence-corrected chi connectivity index (χ0v) is 8.16. The third-order valence-electron chi connectivity index (χ3n) is 2.14. The summed E-state index contributed by atoms with van der Waals surface area (Å²) >= 11 is 0. The van der Waals surface area contributed by atoms with Crippen molar-refractivity contribution in [2.24, 2.45) is 0 Å². The van der Waals surface area contributed by atoms with Crippen LogP contribution in [0.15, 0.2) is 18.2 Å². The van der Waals surface area contributed by atoms with Gasteiger partial charge in [-0.1, -0.05) is 6.07 Å². The number of phenols is 1. The van der Waals surface area contributed by atoms with E-state index < -0.39 is 0 Å². The molecule has 0 radical (unpaired) electrons. The van der Waals surface area contributed by atoms with E-state index in [0.29, 0.717) is 5.75 Å². The summed E-state index contributed by atoms with van der Waals surface area (Å²) in [6.07, 6.45) is 0. The first-order chi connectivity index (χ1) is 6.19. The Morgan fingerprint density at radius 3 is 2.69 bits per heavy atom. The summed E-state index contributed by atoms with van der Waals surface area (Å²) < 4.78 is 5.00. The smallest absolute Gasteiger partial charge is 0.160 e. The van der Waals surface area contributed by atoms with Gasteiger partial charge in [-0.15, -0.1) is 0 Å². The van der Waals surface area contributed by atoms with Crippen LogP contribution in [-0.4, -0.2) is 19.3 Å². The van der Waals surface area contributed by atoms with Gasteiger partial charge in [0, 0.05) is 6.04 Å². The Hall–Kier alpha value is -1.22. The zero-order chi connectivity index (χ0) is 9.84. The minimum atomic E-state index is 0.176. The number of aromatic hydroxyl groups is 1. The van der Waals surface area contributed by atoms with Crippen molar-refractivity contribution in [1.82, 2.24) is 5.32 Å². The quantitative estimate of drug-likeness (QED) is 0.745. The van der Waals surface area contributed by atoms with Gasteiger partial charge in [-0.2, -0.15) is 0 Å². The summed E-state index contributed by atoms with van der Waals surface area (Å²) in [5.74, 6) is 0.689. The maximum Gasteiger partial charge on any atom is 0.160 e. The average molecular weight is 181 g/mol. The summed E-state index contributed by atoms with van der Waals surface area (Å²) in [6, 6.07) is 5.60. The molecule has 0 amide bonds. The lowest BCUT2D eigenvalue weighted by Crippen LogP contribution is -2.12. The molecule has 0 saturated carbocycles. The van der Waals surface area contributed by atoms with Crippen LogP contribution in [0.1, 0.15) is 18.5 Å². The molecule has 1 aromatic carbocycles. The largest absolute Gasteiger partial charge is 0.504 e. The van der Waals surface area contributed by atoms with Crippen LogP contribution in [0.2, 0.25) is 0 Å². The molecule has 1 unspecified atom stereocenters. The van der Waals surface area contributed by atoms with E-state index in [-0.39, 0.29) is 11.8 Å². The van der Waals surface area contributed by atoms with Gasteiger partial charge < -0.3 is 15.2 Å². The van der Waals surface area contributed by atoms with E-state index in [1.54, 1.807) is 13.2 Å². The van der Waals surface area contributed by atoms with E-state index in [1.165, 1.54) is 0 Å². The van der Waals surface area contributed by atoms with Gasteiger partial charge >= 0.3 is 0 Å². The number of phenolic OH excluding ortho intramolecular Hbond substituents is 1. The molecular formula is C10H15NO2. The van der Waals surface area contributed by atoms with Crippen LogP contribution in [-0.2, 0) is 0 Å². The van der Waals surface area contributed by atoms with Crippen molar-refractivity contribution in [1.29, 1.82) is 0 Å². The fourth-order valence-corrected chi connectivity index (χ4v) is 1.13. The summed E-state index contributed by atoms with van der Waals surface area (Å²) in [4.78, 5) is 0. The molecule has 13 heavy (non-hydrogen) atoms. The van der Waals surface area contributed by atoms with Gasteiger partial charge in [0.05, 0.1) is 7.11 Å². The third-order valence-corrected chi connectivity index (χ3v) is 2.14. The lowest BCUT2D eigenvalue weighted by atomic mass is 10.1. The van der Waals surface area contributed by atoms with Crippen molar-refractivity contribution in [2.45, 2.75) is 13.0 Å². The SMILES string of the molecule is CNC(C)c1ccc(O)c(OC)c1. The summed E-state index contributed by atoms with van der Waals surface area (Å²) in [7, 11) is 3.44. The summed E-state index contributed by atoms with van der Waals surface area (Å²) in [6.45, 7) is 2.05. The number of ether oxygens (including phenoxy) is 1. The van der Waals surface area contributed by atoms with Crippen LogP contribution in [0.3, 0.4) is 0 Å². The van der Waals surface area contributed by atoms with Crippen molar-refractivity contribution in [3.8, 4) is 11.5 Å². The second kappa shape index (κ2) is 4.14. The molecule has 1 atom stereocenters.